The van der Waals surface area contributed by atoms with E-state index in [4.69, 9.17) is 9.26 Å². The molecule has 2 unspecified atom stereocenters. The van der Waals surface area contributed by atoms with Gasteiger partial charge in [-0.15, -0.1) is 5.10 Å². The summed E-state index contributed by atoms with van der Waals surface area (Å²) in [5.74, 6) is 0.762. The molecule has 0 bridgehead atoms. The number of hydrogen-bond acceptors (Lipinski definition) is 10. The van der Waals surface area contributed by atoms with E-state index in [1.54, 1.807) is 24.4 Å². The van der Waals surface area contributed by atoms with Crippen LogP contribution in [-0.2, 0) is 15.3 Å². The Bertz CT molecular complexity index is 1510. The Labute approximate surface area is 218 Å². The lowest BCUT2D eigenvalue weighted by atomic mass is 9.63. The lowest BCUT2D eigenvalue weighted by Crippen LogP contribution is -2.50. The van der Waals surface area contributed by atoms with Crippen molar-refractivity contribution in [3.05, 3.63) is 48.1 Å². The number of thiazole rings is 1. The number of pyridine rings is 1. The molecule has 196 valence electrons. The molecule has 0 spiro atoms. The molecule has 0 saturated carbocycles. The Hall–Kier alpha value is -2.96. The average molecular weight is 546 g/mol. The van der Waals surface area contributed by atoms with E-state index in [-0.39, 0.29) is 10.3 Å². The first-order valence-electron chi connectivity index (χ1n) is 12.1. The minimum atomic E-state index is -3.64. The fourth-order valence-corrected chi connectivity index (χ4v) is 6.79. The molecule has 2 atom stereocenters. The summed E-state index contributed by atoms with van der Waals surface area (Å²) in [6.45, 7) is 6.64. The van der Waals surface area contributed by atoms with E-state index >= 15 is 0 Å². The van der Waals surface area contributed by atoms with E-state index in [0.717, 1.165) is 37.9 Å². The molecule has 5 rings (SSSR count). The summed E-state index contributed by atoms with van der Waals surface area (Å²) in [5, 5.41) is 11.7. The van der Waals surface area contributed by atoms with Crippen molar-refractivity contribution in [2.24, 2.45) is 11.8 Å². The number of fused-ring (bicyclic) bond motifs is 1. The van der Waals surface area contributed by atoms with Crippen LogP contribution >= 0.6 is 11.3 Å². The second kappa shape index (κ2) is 10.1. The molecule has 0 amide bonds. The van der Waals surface area contributed by atoms with Gasteiger partial charge < -0.3 is 14.6 Å². The van der Waals surface area contributed by atoms with Crippen molar-refractivity contribution >= 4 is 31.5 Å². The van der Waals surface area contributed by atoms with Crippen LogP contribution in [0.5, 0.6) is 5.19 Å². The number of nitrogens with one attached hydrogen (secondary N) is 1. The SMILES string of the molecule is CC(C)C1CNCCC1(CCOc1nc2ccc(-c3ccc(S(C)(=O)=O)c(F)c3)nc2s1)c1cnno1. The van der Waals surface area contributed by atoms with Gasteiger partial charge in [0.1, 0.15) is 21.1 Å². The Morgan fingerprint density at radius 1 is 1.27 bits per heavy atom. The van der Waals surface area contributed by atoms with Gasteiger partial charge in [-0.05, 0) is 62.0 Å². The molecule has 1 aromatic carbocycles. The van der Waals surface area contributed by atoms with Gasteiger partial charge in [0.05, 0.1) is 18.5 Å². The fraction of sp³-hybridized carbons (Fsp3) is 0.440. The molecule has 4 heterocycles. The van der Waals surface area contributed by atoms with E-state index in [2.05, 4.69) is 39.5 Å². The summed E-state index contributed by atoms with van der Waals surface area (Å²) in [7, 11) is -3.64. The van der Waals surface area contributed by atoms with Gasteiger partial charge in [-0.3, -0.25) is 0 Å². The zero-order valence-corrected chi connectivity index (χ0v) is 22.4. The number of halogens is 1. The molecule has 0 aliphatic carbocycles. The van der Waals surface area contributed by atoms with Crippen LogP contribution in [0.15, 0.2) is 45.9 Å². The first-order chi connectivity index (χ1) is 17.7. The fourth-order valence-electron chi connectivity index (χ4n) is 5.25. The lowest BCUT2D eigenvalue weighted by Gasteiger charge is -2.44. The van der Waals surface area contributed by atoms with E-state index in [0.29, 0.717) is 45.2 Å². The van der Waals surface area contributed by atoms with Crippen LogP contribution in [-0.4, -0.2) is 54.7 Å². The van der Waals surface area contributed by atoms with Crippen LogP contribution in [0, 0.1) is 17.7 Å². The van der Waals surface area contributed by atoms with Gasteiger partial charge >= 0.3 is 0 Å². The zero-order chi connectivity index (χ0) is 26.2. The van der Waals surface area contributed by atoms with Crippen LogP contribution < -0.4 is 10.1 Å². The molecule has 0 radical (unpaired) electrons. The molecular formula is C25H28FN5O4S2. The molecule has 37 heavy (non-hydrogen) atoms. The number of aromatic nitrogens is 4. The van der Waals surface area contributed by atoms with Crippen LogP contribution in [0.1, 0.15) is 32.4 Å². The maximum Gasteiger partial charge on any atom is 0.275 e. The van der Waals surface area contributed by atoms with Crippen molar-refractivity contribution in [3.8, 4) is 16.5 Å². The normalized spacial score (nSPS) is 20.5. The van der Waals surface area contributed by atoms with Crippen molar-refractivity contribution in [1.29, 1.82) is 0 Å². The molecular weight excluding hydrogens is 517 g/mol. The zero-order valence-electron chi connectivity index (χ0n) is 20.8. The van der Waals surface area contributed by atoms with Gasteiger partial charge in [0.15, 0.2) is 15.6 Å². The summed E-state index contributed by atoms with van der Waals surface area (Å²) < 4.78 is 49.5. The third kappa shape index (κ3) is 5.10. The highest BCUT2D eigenvalue weighted by molar-refractivity contribution is 7.90. The summed E-state index contributed by atoms with van der Waals surface area (Å²) in [6.07, 6.45) is 4.33. The molecule has 3 aromatic heterocycles. The third-order valence-electron chi connectivity index (χ3n) is 7.12. The quantitative estimate of drug-likeness (QED) is 0.346. The number of nitrogens with zero attached hydrogens (tertiary/aromatic N) is 4. The third-order valence-corrected chi connectivity index (χ3v) is 9.12. The number of hydrogen-bond donors (Lipinski definition) is 1. The van der Waals surface area contributed by atoms with Crippen LogP contribution in [0.3, 0.4) is 0 Å². The maximum absolute atomic E-state index is 14.4. The molecule has 1 N–H and O–H groups in total. The van der Waals surface area contributed by atoms with Gasteiger partial charge in [-0.2, -0.15) is 0 Å². The summed E-state index contributed by atoms with van der Waals surface area (Å²) in [6, 6.07) is 7.53. The Kier molecular flexibility index (Phi) is 6.99. The highest BCUT2D eigenvalue weighted by Gasteiger charge is 2.46. The first-order valence-corrected chi connectivity index (χ1v) is 14.8. The van der Waals surface area contributed by atoms with E-state index in [9.17, 15) is 12.8 Å². The van der Waals surface area contributed by atoms with E-state index < -0.39 is 15.7 Å². The van der Waals surface area contributed by atoms with Crippen molar-refractivity contribution in [1.82, 2.24) is 25.7 Å². The number of piperidine rings is 1. The molecule has 12 heteroatoms. The first kappa shape index (κ1) is 25.7. The second-order valence-electron chi connectivity index (χ2n) is 9.76. The highest BCUT2D eigenvalue weighted by Crippen LogP contribution is 2.44. The minimum Gasteiger partial charge on any atom is -0.470 e. The van der Waals surface area contributed by atoms with Crippen LogP contribution in [0.2, 0.25) is 0 Å². The van der Waals surface area contributed by atoms with Gasteiger partial charge in [-0.25, -0.2) is 22.8 Å². The molecule has 1 aliphatic heterocycles. The van der Waals surface area contributed by atoms with Gasteiger partial charge in [0.25, 0.3) is 5.19 Å². The number of benzene rings is 1. The predicted molar refractivity (Wildman–Crippen MR) is 138 cm³/mol. The summed E-state index contributed by atoms with van der Waals surface area (Å²) in [5.41, 5.74) is 1.45. The number of rotatable bonds is 8. The van der Waals surface area contributed by atoms with Gasteiger partial charge in [0, 0.05) is 22.5 Å². The number of ether oxygens (including phenoxy) is 1. The Morgan fingerprint density at radius 3 is 2.81 bits per heavy atom. The molecule has 4 aromatic rings. The second-order valence-corrected chi connectivity index (χ2v) is 12.7. The predicted octanol–water partition coefficient (Wildman–Crippen LogP) is 4.26. The monoisotopic (exact) mass is 545 g/mol. The van der Waals surface area contributed by atoms with E-state index in [1.807, 2.05) is 0 Å². The average Bonchev–Trinajstić information content (AvgIpc) is 3.53. The summed E-state index contributed by atoms with van der Waals surface area (Å²) >= 11 is 1.31. The van der Waals surface area contributed by atoms with Gasteiger partial charge in [-0.1, -0.05) is 31.3 Å². The Morgan fingerprint density at radius 2 is 2.11 bits per heavy atom. The van der Waals surface area contributed by atoms with Crippen molar-refractivity contribution < 1.29 is 22.1 Å². The minimum absolute atomic E-state index is 0.229. The topological polar surface area (TPSA) is 120 Å². The lowest BCUT2D eigenvalue weighted by molar-refractivity contribution is 0.0902. The largest absolute Gasteiger partial charge is 0.470 e. The van der Waals surface area contributed by atoms with Crippen LogP contribution in [0.4, 0.5) is 4.39 Å². The number of sulfone groups is 1. The van der Waals surface area contributed by atoms with Crippen molar-refractivity contribution in [3.63, 3.8) is 0 Å². The molecule has 1 saturated heterocycles. The van der Waals surface area contributed by atoms with Crippen molar-refractivity contribution in [2.45, 2.75) is 37.0 Å². The maximum atomic E-state index is 14.4. The molecule has 1 fully saturated rings. The highest BCUT2D eigenvalue weighted by atomic mass is 32.2. The van der Waals surface area contributed by atoms with Gasteiger partial charge in [0.2, 0.25) is 0 Å². The van der Waals surface area contributed by atoms with E-state index in [1.165, 1.54) is 23.5 Å². The summed E-state index contributed by atoms with van der Waals surface area (Å²) in [4.78, 5) is 9.47. The smallest absolute Gasteiger partial charge is 0.275 e. The van der Waals surface area contributed by atoms with Crippen LogP contribution in [0.25, 0.3) is 21.6 Å². The van der Waals surface area contributed by atoms with Crippen molar-refractivity contribution in [2.75, 3.05) is 26.0 Å². The Balaban J connectivity index is 1.34. The standard InChI is InChI=1S/C25H28FN5O4S2/c1-15(2)17-13-27-10-8-25(17,22-14-28-31-35-22)9-11-34-24-30-20-6-5-19(29-23(20)36-24)16-4-7-21(18(26)12-16)37(3,32)33/h4-7,12,14-15,17,27H,8-11,13H2,1-3H3. The molecule has 9 nitrogen and oxygen atoms in total. The molecule has 1 aliphatic rings.